The monoisotopic (exact) mass is 229 g/mol. The molecule has 0 amide bonds. The average Bonchev–Trinajstić information content (AvgIpc) is 2.96. The fourth-order valence-electron chi connectivity index (χ4n) is 2.63. The molecule has 17 heavy (non-hydrogen) atoms. The molecule has 4 nitrogen and oxygen atoms in total. The van der Waals surface area contributed by atoms with Crippen LogP contribution in [0, 0.1) is 0 Å². The zero-order valence-corrected chi connectivity index (χ0v) is 9.67. The van der Waals surface area contributed by atoms with Crippen molar-refractivity contribution in [2.75, 3.05) is 0 Å². The van der Waals surface area contributed by atoms with Gasteiger partial charge in [-0.05, 0) is 24.5 Å². The summed E-state index contributed by atoms with van der Waals surface area (Å²) in [5, 5.41) is 8.49. The summed E-state index contributed by atoms with van der Waals surface area (Å²) in [5.74, 6) is 1.60. The van der Waals surface area contributed by atoms with Crippen LogP contribution in [0.5, 0.6) is 0 Å². The van der Waals surface area contributed by atoms with Crippen molar-refractivity contribution in [3.8, 4) is 0 Å². The van der Waals surface area contributed by atoms with E-state index in [0.717, 1.165) is 23.3 Å². The summed E-state index contributed by atoms with van der Waals surface area (Å²) in [4.78, 5) is 10.5. The predicted molar refractivity (Wildman–Crippen MR) is 64.0 cm³/mol. The first-order valence-corrected chi connectivity index (χ1v) is 6.15. The van der Waals surface area contributed by atoms with Crippen LogP contribution < -0.4 is 0 Å². The number of hydrogen-bond acceptors (Lipinski definition) is 3. The predicted octanol–water partition coefficient (Wildman–Crippen LogP) is 2.13. The van der Waals surface area contributed by atoms with Crippen LogP contribution in [0.15, 0.2) is 18.3 Å². The molecule has 0 bridgehead atoms. The molecule has 1 aliphatic carbocycles. The molecule has 0 radical (unpaired) electrons. The van der Waals surface area contributed by atoms with Crippen LogP contribution in [0.3, 0.4) is 0 Å². The Labute approximate surface area is 99.7 Å². The molecule has 0 aliphatic heterocycles. The van der Waals surface area contributed by atoms with Crippen molar-refractivity contribution in [1.29, 1.82) is 0 Å². The van der Waals surface area contributed by atoms with E-state index in [1.54, 1.807) is 0 Å². The van der Waals surface area contributed by atoms with Gasteiger partial charge in [-0.1, -0.05) is 18.9 Å². The number of aromatic nitrogens is 3. The third kappa shape index (κ3) is 1.84. The van der Waals surface area contributed by atoms with Gasteiger partial charge in [0.1, 0.15) is 12.1 Å². The third-order valence-electron chi connectivity index (χ3n) is 3.53. The van der Waals surface area contributed by atoms with Crippen LogP contribution in [-0.2, 0) is 11.2 Å². The van der Waals surface area contributed by atoms with Gasteiger partial charge in [0.15, 0.2) is 5.65 Å². The lowest BCUT2D eigenvalue weighted by molar-refractivity contribution is -0.107. The summed E-state index contributed by atoms with van der Waals surface area (Å²) in [6.45, 7) is 0. The van der Waals surface area contributed by atoms with Gasteiger partial charge in [-0.2, -0.15) is 0 Å². The van der Waals surface area contributed by atoms with E-state index in [2.05, 4.69) is 14.6 Å². The summed E-state index contributed by atoms with van der Waals surface area (Å²) in [5.41, 5.74) is 1.90. The maximum Gasteiger partial charge on any atom is 0.160 e. The second-order valence-electron chi connectivity index (χ2n) is 4.68. The maximum absolute atomic E-state index is 10.5. The molecule has 0 saturated heterocycles. The van der Waals surface area contributed by atoms with Gasteiger partial charge in [0.05, 0.1) is 0 Å². The Kier molecular flexibility index (Phi) is 2.63. The highest BCUT2D eigenvalue weighted by molar-refractivity contribution is 5.55. The third-order valence-corrected chi connectivity index (χ3v) is 3.53. The lowest BCUT2D eigenvalue weighted by Gasteiger charge is -2.07. The van der Waals surface area contributed by atoms with E-state index in [1.807, 2.05) is 18.3 Å². The second-order valence-corrected chi connectivity index (χ2v) is 4.68. The van der Waals surface area contributed by atoms with Gasteiger partial charge in [0.25, 0.3) is 0 Å². The highest BCUT2D eigenvalue weighted by Gasteiger charge is 2.22. The van der Waals surface area contributed by atoms with E-state index in [-0.39, 0.29) is 0 Å². The fraction of sp³-hybridized carbons (Fsp3) is 0.462. The SMILES string of the molecule is O=CCc1ccc2nnc(C3CCCC3)n2c1. The van der Waals surface area contributed by atoms with E-state index in [9.17, 15) is 4.79 Å². The van der Waals surface area contributed by atoms with Gasteiger partial charge in [0, 0.05) is 18.5 Å². The zero-order valence-electron chi connectivity index (χ0n) is 9.67. The van der Waals surface area contributed by atoms with E-state index in [4.69, 9.17) is 0 Å². The van der Waals surface area contributed by atoms with E-state index < -0.39 is 0 Å². The number of fused-ring (bicyclic) bond motifs is 1. The molecule has 0 atom stereocenters. The molecular weight excluding hydrogens is 214 g/mol. The standard InChI is InChI=1S/C13H15N3O/c17-8-7-10-5-6-12-14-15-13(16(12)9-10)11-3-1-2-4-11/h5-6,8-9,11H,1-4,7H2. The van der Waals surface area contributed by atoms with Crippen molar-refractivity contribution in [3.05, 3.63) is 29.7 Å². The quantitative estimate of drug-likeness (QED) is 0.757. The van der Waals surface area contributed by atoms with E-state index in [0.29, 0.717) is 12.3 Å². The van der Waals surface area contributed by atoms with E-state index >= 15 is 0 Å². The number of rotatable bonds is 3. The molecular formula is C13H15N3O. The van der Waals surface area contributed by atoms with Gasteiger partial charge < -0.3 is 4.79 Å². The summed E-state index contributed by atoms with van der Waals surface area (Å²) < 4.78 is 2.05. The summed E-state index contributed by atoms with van der Waals surface area (Å²) >= 11 is 0. The molecule has 0 spiro atoms. The Bertz CT molecular complexity index is 541. The molecule has 2 aromatic rings. The molecule has 1 saturated carbocycles. The molecule has 1 fully saturated rings. The Morgan fingerprint density at radius 2 is 2.12 bits per heavy atom. The Morgan fingerprint density at radius 1 is 1.29 bits per heavy atom. The second kappa shape index (κ2) is 4.28. The Morgan fingerprint density at radius 3 is 2.88 bits per heavy atom. The van der Waals surface area contributed by atoms with Crippen LogP contribution in [0.4, 0.5) is 0 Å². The largest absolute Gasteiger partial charge is 0.303 e. The zero-order chi connectivity index (χ0) is 11.7. The summed E-state index contributed by atoms with van der Waals surface area (Å²) in [6.07, 6.45) is 8.37. The van der Waals surface area contributed by atoms with Crippen molar-refractivity contribution in [2.24, 2.45) is 0 Å². The minimum absolute atomic E-state index is 0.457. The minimum atomic E-state index is 0.457. The van der Waals surface area contributed by atoms with Gasteiger partial charge >= 0.3 is 0 Å². The van der Waals surface area contributed by atoms with Crippen LogP contribution >= 0.6 is 0 Å². The topological polar surface area (TPSA) is 47.3 Å². The highest BCUT2D eigenvalue weighted by atomic mass is 16.1. The van der Waals surface area contributed by atoms with Crippen molar-refractivity contribution < 1.29 is 4.79 Å². The number of carbonyl (C=O) groups is 1. The van der Waals surface area contributed by atoms with E-state index in [1.165, 1.54) is 25.7 Å². The van der Waals surface area contributed by atoms with Crippen molar-refractivity contribution in [1.82, 2.24) is 14.6 Å². The van der Waals surface area contributed by atoms with Gasteiger partial charge in [-0.3, -0.25) is 4.40 Å². The van der Waals surface area contributed by atoms with Gasteiger partial charge in [-0.25, -0.2) is 0 Å². The lowest BCUT2D eigenvalue weighted by atomic mass is 10.1. The van der Waals surface area contributed by atoms with Crippen LogP contribution in [0.1, 0.15) is 43.0 Å². The molecule has 0 unspecified atom stereocenters. The maximum atomic E-state index is 10.5. The van der Waals surface area contributed by atoms with Crippen molar-refractivity contribution in [3.63, 3.8) is 0 Å². The number of hydrogen-bond donors (Lipinski definition) is 0. The first kappa shape index (κ1) is 10.4. The average molecular weight is 229 g/mol. The van der Waals surface area contributed by atoms with Crippen LogP contribution in [0.2, 0.25) is 0 Å². The smallest absolute Gasteiger partial charge is 0.160 e. The molecule has 4 heteroatoms. The molecule has 3 rings (SSSR count). The number of nitrogens with zero attached hydrogens (tertiary/aromatic N) is 3. The normalized spacial score (nSPS) is 16.7. The number of pyridine rings is 1. The summed E-state index contributed by atoms with van der Waals surface area (Å²) in [6, 6.07) is 3.88. The summed E-state index contributed by atoms with van der Waals surface area (Å²) in [7, 11) is 0. The lowest BCUT2D eigenvalue weighted by Crippen LogP contribution is -2.01. The van der Waals surface area contributed by atoms with Crippen LogP contribution in [-0.4, -0.2) is 20.9 Å². The van der Waals surface area contributed by atoms with Crippen molar-refractivity contribution >= 4 is 11.9 Å². The highest BCUT2D eigenvalue weighted by Crippen LogP contribution is 2.33. The van der Waals surface area contributed by atoms with Crippen LogP contribution in [0.25, 0.3) is 5.65 Å². The minimum Gasteiger partial charge on any atom is -0.303 e. The first-order chi connectivity index (χ1) is 8.38. The Hall–Kier alpha value is -1.71. The number of aldehydes is 1. The fourth-order valence-corrected chi connectivity index (χ4v) is 2.63. The molecule has 88 valence electrons. The molecule has 2 aromatic heterocycles. The van der Waals surface area contributed by atoms with Crippen molar-refractivity contribution in [2.45, 2.75) is 38.0 Å². The molecule has 0 aromatic carbocycles. The first-order valence-electron chi connectivity index (χ1n) is 6.15. The number of carbonyl (C=O) groups excluding carboxylic acids is 1. The Balaban J connectivity index is 2.05. The van der Waals surface area contributed by atoms with Gasteiger partial charge in [0.2, 0.25) is 0 Å². The van der Waals surface area contributed by atoms with Gasteiger partial charge in [-0.15, -0.1) is 10.2 Å². The molecule has 0 N–H and O–H groups in total. The molecule has 1 aliphatic rings. The molecule has 2 heterocycles.